The molecule has 4 aromatic rings. The number of hydrazone groups is 1. The lowest BCUT2D eigenvalue weighted by Crippen LogP contribution is -2.17. The number of hydrogen-bond donors (Lipinski definition) is 1. The minimum absolute atomic E-state index is 0.193. The summed E-state index contributed by atoms with van der Waals surface area (Å²) in [4.78, 5) is 16.4. The highest BCUT2D eigenvalue weighted by Gasteiger charge is 2.09. The average Bonchev–Trinajstić information content (AvgIpc) is 3.28. The van der Waals surface area contributed by atoms with Crippen molar-refractivity contribution in [3.8, 4) is 0 Å². The number of nitrogens with one attached hydrogen (secondary N) is 1. The van der Waals surface area contributed by atoms with Gasteiger partial charge in [0.1, 0.15) is 11.6 Å². The number of fused-ring (bicyclic) bond motifs is 1. The third-order valence-electron chi connectivity index (χ3n) is 3.51. The number of para-hydroxylation sites is 1. The lowest BCUT2D eigenvalue weighted by Gasteiger charge is -1.98. The summed E-state index contributed by atoms with van der Waals surface area (Å²) < 4.78 is 20.8. The first-order chi connectivity index (χ1) is 13.2. The van der Waals surface area contributed by atoms with E-state index in [0.29, 0.717) is 10.9 Å². The van der Waals surface area contributed by atoms with Gasteiger partial charge in [-0.2, -0.15) is 5.10 Å². The van der Waals surface area contributed by atoms with Gasteiger partial charge >= 0.3 is 0 Å². The summed E-state index contributed by atoms with van der Waals surface area (Å²) in [7, 11) is 0. The minimum atomic E-state index is -0.499. The molecule has 0 radical (unpaired) electrons. The molecule has 1 amide bonds. The molecular weight excluding hydrogens is 385 g/mol. The molecular formula is C19H12FN3O2S2. The standard InChI is InChI=1S/C19H12FN3O2S2/c20-13-5-3-4-12(10-13)18(24)23-21-11-14-8-9-17(25-14)27-19-22-15-6-1-2-7-16(15)26-19/h1-11H,(H,23,24). The molecule has 0 saturated heterocycles. The van der Waals surface area contributed by atoms with Gasteiger partial charge in [-0.3, -0.25) is 4.79 Å². The van der Waals surface area contributed by atoms with E-state index in [4.69, 9.17) is 4.42 Å². The Bertz CT molecular complexity index is 1100. The van der Waals surface area contributed by atoms with Crippen LogP contribution in [0.15, 0.2) is 79.6 Å². The van der Waals surface area contributed by atoms with Crippen molar-refractivity contribution in [2.45, 2.75) is 9.43 Å². The maximum Gasteiger partial charge on any atom is 0.271 e. The summed E-state index contributed by atoms with van der Waals surface area (Å²) in [5.74, 6) is -0.492. The number of aromatic nitrogens is 1. The predicted molar refractivity (Wildman–Crippen MR) is 104 cm³/mol. The first-order valence-electron chi connectivity index (χ1n) is 7.89. The monoisotopic (exact) mass is 397 g/mol. The van der Waals surface area contributed by atoms with E-state index >= 15 is 0 Å². The van der Waals surface area contributed by atoms with Crippen molar-refractivity contribution < 1.29 is 13.6 Å². The molecule has 0 saturated carbocycles. The summed E-state index contributed by atoms with van der Waals surface area (Å²) in [6.45, 7) is 0. The van der Waals surface area contributed by atoms with Crippen molar-refractivity contribution in [3.05, 3.63) is 77.8 Å². The molecule has 4 rings (SSSR count). The molecule has 0 bridgehead atoms. The van der Waals surface area contributed by atoms with Crippen LogP contribution in [0, 0.1) is 5.82 Å². The molecule has 0 aliphatic carbocycles. The van der Waals surface area contributed by atoms with Crippen LogP contribution >= 0.6 is 23.1 Å². The van der Waals surface area contributed by atoms with Crippen molar-refractivity contribution in [3.63, 3.8) is 0 Å². The predicted octanol–water partition coefficient (Wildman–Crippen LogP) is 4.94. The number of benzene rings is 2. The molecule has 0 aliphatic heterocycles. The third-order valence-corrected chi connectivity index (χ3v) is 5.53. The number of nitrogens with zero attached hydrogens (tertiary/aromatic N) is 2. The van der Waals surface area contributed by atoms with E-state index in [-0.39, 0.29) is 5.56 Å². The van der Waals surface area contributed by atoms with Crippen molar-refractivity contribution in [2.24, 2.45) is 5.10 Å². The molecule has 8 heteroatoms. The van der Waals surface area contributed by atoms with Crippen LogP contribution in [0.2, 0.25) is 0 Å². The fraction of sp³-hybridized carbons (Fsp3) is 0. The second kappa shape index (κ2) is 7.73. The van der Waals surface area contributed by atoms with E-state index in [9.17, 15) is 9.18 Å². The first-order valence-corrected chi connectivity index (χ1v) is 9.53. The molecule has 0 aliphatic rings. The highest BCUT2D eigenvalue weighted by molar-refractivity contribution is 8.01. The zero-order valence-corrected chi connectivity index (χ0v) is 15.4. The topological polar surface area (TPSA) is 67.5 Å². The Balaban J connectivity index is 1.39. The van der Waals surface area contributed by atoms with Crippen LogP contribution in [0.3, 0.4) is 0 Å². The molecule has 0 fully saturated rings. The zero-order valence-electron chi connectivity index (χ0n) is 13.8. The van der Waals surface area contributed by atoms with E-state index in [1.54, 1.807) is 17.4 Å². The van der Waals surface area contributed by atoms with E-state index in [2.05, 4.69) is 15.5 Å². The third kappa shape index (κ3) is 4.24. The summed E-state index contributed by atoms with van der Waals surface area (Å²) in [6.07, 6.45) is 1.39. The lowest BCUT2D eigenvalue weighted by atomic mass is 10.2. The summed E-state index contributed by atoms with van der Waals surface area (Å²) in [5.41, 5.74) is 3.49. The smallest absolute Gasteiger partial charge is 0.271 e. The number of carbonyl (C=O) groups is 1. The van der Waals surface area contributed by atoms with Crippen molar-refractivity contribution in [1.82, 2.24) is 10.4 Å². The zero-order chi connectivity index (χ0) is 18.6. The first kappa shape index (κ1) is 17.4. The molecule has 2 heterocycles. The van der Waals surface area contributed by atoms with Crippen molar-refractivity contribution in [2.75, 3.05) is 0 Å². The van der Waals surface area contributed by atoms with E-state index in [1.165, 1.54) is 36.2 Å². The fourth-order valence-corrected chi connectivity index (χ4v) is 4.26. The van der Waals surface area contributed by atoms with E-state index in [1.807, 2.05) is 30.3 Å². The molecule has 0 spiro atoms. The molecule has 5 nitrogen and oxygen atoms in total. The van der Waals surface area contributed by atoms with Gasteiger partial charge in [0, 0.05) is 5.56 Å². The van der Waals surface area contributed by atoms with Gasteiger partial charge in [0.15, 0.2) is 9.43 Å². The Morgan fingerprint density at radius 2 is 2.07 bits per heavy atom. The Morgan fingerprint density at radius 1 is 1.19 bits per heavy atom. The molecule has 0 atom stereocenters. The average molecular weight is 397 g/mol. The van der Waals surface area contributed by atoms with Gasteiger partial charge in [-0.05, 0) is 54.2 Å². The number of carbonyl (C=O) groups excluding carboxylic acids is 1. The van der Waals surface area contributed by atoms with Crippen LogP contribution in [-0.2, 0) is 0 Å². The second-order valence-corrected chi connectivity index (χ2v) is 7.70. The summed E-state index contributed by atoms with van der Waals surface area (Å²) >= 11 is 3.01. The van der Waals surface area contributed by atoms with Gasteiger partial charge in [-0.1, -0.05) is 18.2 Å². The van der Waals surface area contributed by atoms with Gasteiger partial charge in [-0.15, -0.1) is 11.3 Å². The molecule has 0 unspecified atom stereocenters. The normalized spacial score (nSPS) is 11.3. The van der Waals surface area contributed by atoms with Crippen molar-refractivity contribution in [1.29, 1.82) is 0 Å². The Labute approximate surface area is 161 Å². The van der Waals surface area contributed by atoms with Gasteiger partial charge < -0.3 is 4.42 Å². The van der Waals surface area contributed by atoms with Gasteiger partial charge in [0.2, 0.25) is 0 Å². The highest BCUT2D eigenvalue weighted by Crippen LogP contribution is 2.34. The maximum absolute atomic E-state index is 13.1. The van der Waals surface area contributed by atoms with Crippen LogP contribution in [0.1, 0.15) is 16.1 Å². The van der Waals surface area contributed by atoms with E-state index < -0.39 is 11.7 Å². The molecule has 2 aromatic carbocycles. The quantitative estimate of drug-likeness (QED) is 0.382. The van der Waals surface area contributed by atoms with Crippen molar-refractivity contribution >= 4 is 45.4 Å². The number of amides is 1. The van der Waals surface area contributed by atoms with Crippen LogP contribution in [0.4, 0.5) is 4.39 Å². The van der Waals surface area contributed by atoms with Crippen LogP contribution in [0.25, 0.3) is 10.2 Å². The van der Waals surface area contributed by atoms with Crippen LogP contribution < -0.4 is 5.43 Å². The van der Waals surface area contributed by atoms with Gasteiger partial charge in [-0.25, -0.2) is 14.8 Å². The van der Waals surface area contributed by atoms with Gasteiger partial charge in [0.05, 0.1) is 16.4 Å². The SMILES string of the molecule is O=C(NN=Cc1ccc(Sc2nc3ccccc3s2)o1)c1cccc(F)c1. The molecule has 1 N–H and O–H groups in total. The Hall–Kier alpha value is -2.97. The minimum Gasteiger partial charge on any atom is -0.448 e. The molecule has 27 heavy (non-hydrogen) atoms. The van der Waals surface area contributed by atoms with Crippen LogP contribution in [-0.4, -0.2) is 17.1 Å². The number of hydrogen-bond acceptors (Lipinski definition) is 6. The largest absolute Gasteiger partial charge is 0.448 e. The number of rotatable bonds is 5. The Kier molecular flexibility index (Phi) is 4.99. The molecule has 134 valence electrons. The number of thiazole rings is 1. The van der Waals surface area contributed by atoms with Gasteiger partial charge in [0.25, 0.3) is 5.91 Å². The maximum atomic E-state index is 13.1. The number of furan rings is 1. The van der Waals surface area contributed by atoms with Crippen LogP contribution in [0.5, 0.6) is 0 Å². The lowest BCUT2D eigenvalue weighted by molar-refractivity contribution is 0.0954. The number of halogens is 1. The summed E-state index contributed by atoms with van der Waals surface area (Å²) in [5, 5.41) is 4.51. The van der Waals surface area contributed by atoms with E-state index in [0.717, 1.165) is 20.6 Å². The fourth-order valence-electron chi connectivity index (χ4n) is 2.29. The highest BCUT2D eigenvalue weighted by atomic mass is 32.2. The summed E-state index contributed by atoms with van der Waals surface area (Å²) in [6, 6.07) is 16.9. The molecule has 2 aromatic heterocycles. The second-order valence-electron chi connectivity index (χ2n) is 5.42. The Morgan fingerprint density at radius 3 is 2.93 bits per heavy atom.